The molecule has 1 aliphatic heterocycles. The lowest BCUT2D eigenvalue weighted by atomic mass is 9.99. The van der Waals surface area contributed by atoms with Gasteiger partial charge in [0.15, 0.2) is 5.82 Å². The van der Waals surface area contributed by atoms with Crippen molar-refractivity contribution < 1.29 is 0 Å². The van der Waals surface area contributed by atoms with Crippen molar-refractivity contribution in [3.8, 4) is 0 Å². The Balaban J connectivity index is 1.82. The highest BCUT2D eigenvalue weighted by atomic mass is 15.2. The molecule has 2 aromatic heterocycles. The number of nitrogens with zero attached hydrogens (tertiary/aromatic N) is 3. The van der Waals surface area contributed by atoms with Crippen molar-refractivity contribution in [1.82, 2.24) is 25.5 Å². The highest BCUT2D eigenvalue weighted by molar-refractivity contribution is 5.52. The van der Waals surface area contributed by atoms with Crippen molar-refractivity contribution in [2.24, 2.45) is 0 Å². The first-order valence-electron chi connectivity index (χ1n) is 7.06. The number of rotatable bonds is 3. The number of anilines is 2. The highest BCUT2D eigenvalue weighted by Gasteiger charge is 2.18. The second-order valence-electron chi connectivity index (χ2n) is 5.36. The summed E-state index contributed by atoms with van der Waals surface area (Å²) in [6.07, 6.45) is 2.33. The zero-order valence-corrected chi connectivity index (χ0v) is 11.9. The smallest absolute Gasteiger partial charge is 0.153 e. The van der Waals surface area contributed by atoms with Gasteiger partial charge in [-0.15, -0.1) is 0 Å². The maximum atomic E-state index is 4.65. The molecule has 0 aliphatic carbocycles. The summed E-state index contributed by atoms with van der Waals surface area (Å²) < 4.78 is 0. The molecule has 3 heterocycles. The van der Waals surface area contributed by atoms with Gasteiger partial charge in [0, 0.05) is 36.0 Å². The minimum atomic E-state index is 0.408. The lowest BCUT2D eigenvalue weighted by Gasteiger charge is -2.22. The Labute approximate surface area is 118 Å². The molecule has 1 aliphatic rings. The average Bonchev–Trinajstić information content (AvgIpc) is 2.84. The molecule has 0 amide bonds. The van der Waals surface area contributed by atoms with E-state index in [4.69, 9.17) is 0 Å². The zero-order valence-electron chi connectivity index (χ0n) is 11.9. The molecule has 1 unspecified atom stereocenters. The van der Waals surface area contributed by atoms with Crippen LogP contribution < -0.4 is 10.6 Å². The van der Waals surface area contributed by atoms with E-state index in [1.807, 2.05) is 26.0 Å². The van der Waals surface area contributed by atoms with Crippen LogP contribution >= 0.6 is 0 Å². The fourth-order valence-corrected chi connectivity index (χ4v) is 2.52. The number of nitrogens with one attached hydrogen (secondary N) is 3. The van der Waals surface area contributed by atoms with Crippen molar-refractivity contribution in [2.75, 3.05) is 18.4 Å². The molecular formula is C14H20N6. The van der Waals surface area contributed by atoms with Crippen LogP contribution in [0.5, 0.6) is 0 Å². The largest absolute Gasteiger partial charge is 0.323 e. The number of H-pyrrole nitrogens is 1. The van der Waals surface area contributed by atoms with Gasteiger partial charge in [-0.25, -0.2) is 9.97 Å². The summed E-state index contributed by atoms with van der Waals surface area (Å²) in [5.41, 5.74) is 2.00. The predicted molar refractivity (Wildman–Crippen MR) is 78.2 cm³/mol. The standard InChI is InChI=1S/C14H20N6/c1-9-6-12(17-13-7-10(2)19-20-13)18-14(16-9)11-4-3-5-15-8-11/h6-7,11,15H,3-5,8H2,1-2H3,(H2,16,17,18,19,20). The Bertz CT molecular complexity index is 585. The topological polar surface area (TPSA) is 78.5 Å². The highest BCUT2D eigenvalue weighted by Crippen LogP contribution is 2.22. The summed E-state index contributed by atoms with van der Waals surface area (Å²) in [6.45, 7) is 6.04. The summed E-state index contributed by atoms with van der Waals surface area (Å²) in [4.78, 5) is 9.23. The number of aromatic nitrogens is 4. The van der Waals surface area contributed by atoms with Gasteiger partial charge < -0.3 is 10.6 Å². The van der Waals surface area contributed by atoms with E-state index < -0.39 is 0 Å². The van der Waals surface area contributed by atoms with Crippen LogP contribution in [0.2, 0.25) is 0 Å². The first-order chi connectivity index (χ1) is 9.70. The molecule has 0 aromatic carbocycles. The summed E-state index contributed by atoms with van der Waals surface area (Å²) in [6, 6.07) is 3.91. The van der Waals surface area contributed by atoms with Crippen LogP contribution in [-0.2, 0) is 0 Å². The van der Waals surface area contributed by atoms with Crippen LogP contribution in [0.4, 0.5) is 11.6 Å². The van der Waals surface area contributed by atoms with E-state index in [2.05, 4.69) is 30.8 Å². The molecule has 6 heteroatoms. The quantitative estimate of drug-likeness (QED) is 0.797. The molecule has 0 radical (unpaired) electrons. The lowest BCUT2D eigenvalue weighted by Crippen LogP contribution is -2.29. The van der Waals surface area contributed by atoms with Crippen LogP contribution in [0.1, 0.15) is 36.0 Å². The van der Waals surface area contributed by atoms with Crippen LogP contribution in [0.3, 0.4) is 0 Å². The zero-order chi connectivity index (χ0) is 13.9. The molecule has 1 fully saturated rings. The van der Waals surface area contributed by atoms with E-state index >= 15 is 0 Å². The number of aryl methyl sites for hydroxylation is 2. The Kier molecular flexibility index (Phi) is 3.64. The molecule has 0 spiro atoms. The van der Waals surface area contributed by atoms with Gasteiger partial charge in [-0.2, -0.15) is 5.10 Å². The predicted octanol–water partition coefficient (Wildman–Crippen LogP) is 2.03. The molecule has 0 saturated carbocycles. The van der Waals surface area contributed by atoms with Gasteiger partial charge in [-0.1, -0.05) is 0 Å². The van der Waals surface area contributed by atoms with Gasteiger partial charge in [-0.05, 0) is 33.2 Å². The Morgan fingerprint density at radius 2 is 2.10 bits per heavy atom. The van der Waals surface area contributed by atoms with E-state index in [9.17, 15) is 0 Å². The van der Waals surface area contributed by atoms with Crippen LogP contribution in [0.25, 0.3) is 0 Å². The molecule has 6 nitrogen and oxygen atoms in total. The molecule has 3 N–H and O–H groups in total. The van der Waals surface area contributed by atoms with E-state index in [0.717, 1.165) is 48.4 Å². The van der Waals surface area contributed by atoms with E-state index in [1.165, 1.54) is 6.42 Å². The van der Waals surface area contributed by atoms with Crippen molar-refractivity contribution in [3.63, 3.8) is 0 Å². The first kappa shape index (κ1) is 13.1. The van der Waals surface area contributed by atoms with Gasteiger partial charge in [-0.3, -0.25) is 5.10 Å². The van der Waals surface area contributed by atoms with Crippen molar-refractivity contribution in [1.29, 1.82) is 0 Å². The number of hydrogen-bond acceptors (Lipinski definition) is 5. The Hall–Kier alpha value is -1.95. The third-order valence-electron chi connectivity index (χ3n) is 3.50. The van der Waals surface area contributed by atoms with Gasteiger partial charge in [0.2, 0.25) is 0 Å². The van der Waals surface area contributed by atoms with Crippen molar-refractivity contribution in [3.05, 3.63) is 29.3 Å². The molecule has 106 valence electrons. The number of aromatic amines is 1. The summed E-state index contributed by atoms with van der Waals surface area (Å²) >= 11 is 0. The van der Waals surface area contributed by atoms with Crippen molar-refractivity contribution >= 4 is 11.6 Å². The SMILES string of the molecule is Cc1cc(Nc2cc(C)[nH]n2)nc(C2CCCNC2)n1. The fraction of sp³-hybridized carbons (Fsp3) is 0.500. The summed E-state index contributed by atoms with van der Waals surface area (Å²) in [7, 11) is 0. The molecular weight excluding hydrogens is 252 g/mol. The monoisotopic (exact) mass is 272 g/mol. The Morgan fingerprint density at radius 1 is 1.20 bits per heavy atom. The van der Waals surface area contributed by atoms with Crippen molar-refractivity contribution in [2.45, 2.75) is 32.6 Å². The molecule has 3 rings (SSSR count). The van der Waals surface area contributed by atoms with Gasteiger partial charge in [0.05, 0.1) is 0 Å². The maximum Gasteiger partial charge on any atom is 0.153 e. The van der Waals surface area contributed by atoms with Crippen LogP contribution in [-0.4, -0.2) is 33.3 Å². The second kappa shape index (κ2) is 5.58. The van der Waals surface area contributed by atoms with Crippen LogP contribution in [0, 0.1) is 13.8 Å². The van der Waals surface area contributed by atoms with Gasteiger partial charge >= 0.3 is 0 Å². The molecule has 1 saturated heterocycles. The lowest BCUT2D eigenvalue weighted by molar-refractivity contribution is 0.446. The summed E-state index contributed by atoms with van der Waals surface area (Å²) in [5, 5.41) is 13.7. The fourth-order valence-electron chi connectivity index (χ4n) is 2.52. The van der Waals surface area contributed by atoms with Gasteiger partial charge in [0.1, 0.15) is 11.6 Å². The third-order valence-corrected chi connectivity index (χ3v) is 3.50. The van der Waals surface area contributed by atoms with E-state index in [0.29, 0.717) is 5.92 Å². The van der Waals surface area contributed by atoms with Crippen LogP contribution in [0.15, 0.2) is 12.1 Å². The average molecular weight is 272 g/mol. The molecule has 20 heavy (non-hydrogen) atoms. The molecule has 1 atom stereocenters. The second-order valence-corrected chi connectivity index (χ2v) is 5.36. The molecule has 0 bridgehead atoms. The third kappa shape index (κ3) is 2.96. The van der Waals surface area contributed by atoms with E-state index in [-0.39, 0.29) is 0 Å². The number of hydrogen-bond donors (Lipinski definition) is 3. The Morgan fingerprint density at radius 3 is 2.80 bits per heavy atom. The normalized spacial score (nSPS) is 19.0. The minimum Gasteiger partial charge on any atom is -0.323 e. The minimum absolute atomic E-state index is 0.408. The van der Waals surface area contributed by atoms with E-state index in [1.54, 1.807) is 0 Å². The number of piperidine rings is 1. The first-order valence-corrected chi connectivity index (χ1v) is 7.06. The summed E-state index contributed by atoms with van der Waals surface area (Å²) in [5.74, 6) is 2.93. The maximum absolute atomic E-state index is 4.65. The van der Waals surface area contributed by atoms with Gasteiger partial charge in [0.25, 0.3) is 0 Å². The molecule has 2 aromatic rings.